The lowest BCUT2D eigenvalue weighted by atomic mass is 9.81. The predicted molar refractivity (Wildman–Crippen MR) is 49.9 cm³/mol. The van der Waals surface area contributed by atoms with Gasteiger partial charge >= 0.3 is 7.12 Å². The van der Waals surface area contributed by atoms with Crippen molar-refractivity contribution in [1.29, 1.82) is 0 Å². The Balaban J connectivity index is 2.21. The monoisotopic (exact) mass is 220 g/mol. The van der Waals surface area contributed by atoms with E-state index in [-0.39, 0.29) is 7.12 Å². The second-order valence-corrected chi connectivity index (χ2v) is 3.94. The zero-order valence-electron chi connectivity index (χ0n) is 6.88. The normalized spacial score (nSPS) is 21.8. The van der Waals surface area contributed by atoms with Gasteiger partial charge in [0.2, 0.25) is 0 Å². The molecule has 1 rings (SSSR count). The molecule has 4 heteroatoms. The van der Waals surface area contributed by atoms with Gasteiger partial charge in [-0.25, -0.2) is 0 Å². The summed E-state index contributed by atoms with van der Waals surface area (Å²) in [7, 11) is -0.0105. The van der Waals surface area contributed by atoms with Crippen molar-refractivity contribution >= 4 is 23.0 Å². The molecule has 0 spiro atoms. The Morgan fingerprint density at radius 3 is 2.64 bits per heavy atom. The molecule has 0 radical (unpaired) electrons. The minimum Gasteiger partial charge on any atom is -0.410 e. The van der Waals surface area contributed by atoms with Crippen LogP contribution >= 0.6 is 15.9 Å². The molecule has 11 heavy (non-hydrogen) atoms. The number of halogens is 1. The summed E-state index contributed by atoms with van der Waals surface area (Å²) in [4.78, 5) is 0. The van der Waals surface area contributed by atoms with E-state index in [1.165, 1.54) is 6.42 Å². The highest BCUT2D eigenvalue weighted by Crippen LogP contribution is 2.16. The standard InChI is InChI=1S/C7H14BBrO2/c1-2-4-7(9)8-10-5-3-6-11-8/h7H,2-6H2,1H3. The molecule has 1 atom stereocenters. The lowest BCUT2D eigenvalue weighted by Gasteiger charge is -2.23. The van der Waals surface area contributed by atoms with Gasteiger partial charge in [0.25, 0.3) is 0 Å². The van der Waals surface area contributed by atoms with Crippen molar-refractivity contribution in [3.63, 3.8) is 0 Å². The van der Waals surface area contributed by atoms with E-state index >= 15 is 0 Å². The highest BCUT2D eigenvalue weighted by atomic mass is 79.9. The maximum atomic E-state index is 5.42. The zero-order chi connectivity index (χ0) is 8.10. The molecule has 2 nitrogen and oxygen atoms in total. The van der Waals surface area contributed by atoms with Crippen LogP contribution in [0.15, 0.2) is 0 Å². The van der Waals surface area contributed by atoms with Crippen molar-refractivity contribution in [2.24, 2.45) is 0 Å². The summed E-state index contributed by atoms with van der Waals surface area (Å²) < 4.78 is 11.2. The minimum atomic E-state index is -0.0105. The fraction of sp³-hybridized carbons (Fsp3) is 1.00. The Morgan fingerprint density at radius 2 is 2.09 bits per heavy atom. The van der Waals surface area contributed by atoms with Crippen molar-refractivity contribution < 1.29 is 9.31 Å². The smallest absolute Gasteiger partial charge is 0.410 e. The highest BCUT2D eigenvalue weighted by molar-refractivity contribution is 9.10. The van der Waals surface area contributed by atoms with Gasteiger partial charge in [0, 0.05) is 17.9 Å². The quantitative estimate of drug-likeness (QED) is 0.536. The van der Waals surface area contributed by atoms with Gasteiger partial charge in [-0.1, -0.05) is 29.3 Å². The van der Waals surface area contributed by atoms with Gasteiger partial charge < -0.3 is 9.31 Å². The van der Waals surface area contributed by atoms with Gasteiger partial charge in [-0.2, -0.15) is 0 Å². The molecule has 1 fully saturated rings. The molecule has 1 unspecified atom stereocenters. The topological polar surface area (TPSA) is 18.5 Å². The first kappa shape index (κ1) is 9.55. The Kier molecular flexibility index (Phi) is 4.49. The van der Waals surface area contributed by atoms with Gasteiger partial charge in [-0.15, -0.1) is 0 Å². The SMILES string of the molecule is CCCC(Br)B1OCCCO1. The maximum absolute atomic E-state index is 5.42. The molecule has 1 aliphatic rings. The first-order valence-corrected chi connectivity index (χ1v) is 5.13. The van der Waals surface area contributed by atoms with E-state index in [4.69, 9.17) is 9.31 Å². The van der Waals surface area contributed by atoms with Crippen molar-refractivity contribution in [2.45, 2.75) is 30.9 Å². The molecule has 1 aliphatic heterocycles. The number of hydrogen-bond donors (Lipinski definition) is 0. The van der Waals surface area contributed by atoms with E-state index in [0.29, 0.717) is 4.73 Å². The van der Waals surface area contributed by atoms with Crippen LogP contribution in [0.25, 0.3) is 0 Å². The van der Waals surface area contributed by atoms with Crippen LogP contribution in [0.1, 0.15) is 26.2 Å². The summed E-state index contributed by atoms with van der Waals surface area (Å²) >= 11 is 3.55. The third-order valence-corrected chi connectivity index (χ3v) is 2.60. The molecule has 0 aromatic heterocycles. The molecule has 1 saturated heterocycles. The van der Waals surface area contributed by atoms with Gasteiger partial charge in [0.15, 0.2) is 0 Å². The van der Waals surface area contributed by atoms with Crippen LogP contribution in [0.4, 0.5) is 0 Å². The van der Waals surface area contributed by atoms with Crippen LogP contribution in [0, 0.1) is 0 Å². The fourth-order valence-electron chi connectivity index (χ4n) is 1.13. The number of rotatable bonds is 3. The first-order chi connectivity index (χ1) is 5.34. The van der Waals surface area contributed by atoms with E-state index in [0.717, 1.165) is 26.1 Å². The predicted octanol–water partition coefficient (Wildman–Crippen LogP) is 2.01. The molecular formula is C7H14BBrO2. The van der Waals surface area contributed by atoms with E-state index in [1.54, 1.807) is 0 Å². The van der Waals surface area contributed by atoms with E-state index in [9.17, 15) is 0 Å². The lowest BCUT2D eigenvalue weighted by Crippen LogP contribution is -2.37. The van der Waals surface area contributed by atoms with Crippen molar-refractivity contribution in [3.8, 4) is 0 Å². The van der Waals surface area contributed by atoms with E-state index < -0.39 is 0 Å². The summed E-state index contributed by atoms with van der Waals surface area (Å²) in [5.41, 5.74) is 0. The third-order valence-electron chi connectivity index (χ3n) is 1.71. The van der Waals surface area contributed by atoms with E-state index in [2.05, 4.69) is 22.9 Å². The summed E-state index contributed by atoms with van der Waals surface area (Å²) in [5.74, 6) is 0. The molecule has 64 valence electrons. The minimum absolute atomic E-state index is 0.0105. The van der Waals surface area contributed by atoms with Crippen LogP contribution in [0.2, 0.25) is 0 Å². The van der Waals surface area contributed by atoms with Crippen LogP contribution < -0.4 is 0 Å². The van der Waals surface area contributed by atoms with Crippen LogP contribution in [-0.2, 0) is 9.31 Å². The van der Waals surface area contributed by atoms with Gasteiger partial charge in [-0.3, -0.25) is 0 Å². The third kappa shape index (κ3) is 3.14. The van der Waals surface area contributed by atoms with Gasteiger partial charge in [0.05, 0.1) is 0 Å². The zero-order valence-corrected chi connectivity index (χ0v) is 8.47. The first-order valence-electron chi connectivity index (χ1n) is 4.22. The van der Waals surface area contributed by atoms with Crippen LogP contribution in [0.3, 0.4) is 0 Å². The summed E-state index contributed by atoms with van der Waals surface area (Å²) in [6.07, 6.45) is 3.31. The molecule has 0 saturated carbocycles. The molecule has 0 aromatic rings. The van der Waals surface area contributed by atoms with Crippen LogP contribution in [0.5, 0.6) is 0 Å². The Morgan fingerprint density at radius 1 is 1.45 bits per heavy atom. The highest BCUT2D eigenvalue weighted by Gasteiger charge is 2.29. The van der Waals surface area contributed by atoms with Gasteiger partial charge in [0.1, 0.15) is 0 Å². The maximum Gasteiger partial charge on any atom is 0.471 e. The molecule has 0 aromatic carbocycles. The average molecular weight is 221 g/mol. The fourth-order valence-corrected chi connectivity index (χ4v) is 1.89. The molecule has 1 heterocycles. The molecule has 0 N–H and O–H groups in total. The molecule has 0 bridgehead atoms. The summed E-state index contributed by atoms with van der Waals surface area (Å²) in [5, 5.41) is 0. The second-order valence-electron chi connectivity index (χ2n) is 2.77. The number of alkyl halides is 1. The largest absolute Gasteiger partial charge is 0.471 e. The molecule has 0 aliphatic carbocycles. The van der Waals surface area contributed by atoms with Crippen LogP contribution in [-0.4, -0.2) is 25.1 Å². The molecular weight excluding hydrogens is 207 g/mol. The van der Waals surface area contributed by atoms with Gasteiger partial charge in [-0.05, 0) is 12.8 Å². The Bertz CT molecular complexity index is 107. The Labute approximate surface area is 76.9 Å². The van der Waals surface area contributed by atoms with E-state index in [1.807, 2.05) is 0 Å². The number of hydrogen-bond acceptors (Lipinski definition) is 2. The molecule has 0 amide bonds. The summed E-state index contributed by atoms with van der Waals surface area (Å²) in [6, 6.07) is 0. The summed E-state index contributed by atoms with van der Waals surface area (Å²) in [6.45, 7) is 3.85. The Hall–Kier alpha value is 0.465. The lowest BCUT2D eigenvalue weighted by molar-refractivity contribution is 0.132. The van der Waals surface area contributed by atoms with Crippen molar-refractivity contribution in [2.75, 3.05) is 13.2 Å². The van der Waals surface area contributed by atoms with Crippen molar-refractivity contribution in [3.05, 3.63) is 0 Å². The average Bonchev–Trinajstić information content (AvgIpc) is 2.07. The second kappa shape index (κ2) is 5.17. The van der Waals surface area contributed by atoms with Crippen molar-refractivity contribution in [1.82, 2.24) is 0 Å².